The average Bonchev–Trinajstić information content (AvgIpc) is 2.47. The van der Waals surface area contributed by atoms with Crippen molar-refractivity contribution in [2.24, 2.45) is 0 Å². The van der Waals surface area contributed by atoms with Gasteiger partial charge in [-0.05, 0) is 45.3 Å². The Balaban J connectivity index is 2.02. The van der Waals surface area contributed by atoms with Gasteiger partial charge in [0.15, 0.2) is 0 Å². The Kier molecular flexibility index (Phi) is 4.76. The van der Waals surface area contributed by atoms with E-state index in [1.165, 1.54) is 0 Å². The van der Waals surface area contributed by atoms with Crippen LogP contribution in [0.2, 0.25) is 0 Å². The van der Waals surface area contributed by atoms with Crippen molar-refractivity contribution in [3.05, 3.63) is 63.6 Å². The lowest BCUT2D eigenvalue weighted by Gasteiger charge is -2.07. The molecule has 0 fully saturated rings. The number of aliphatic hydroxyl groups is 1. The number of hydrogen-bond acceptors (Lipinski definition) is 3. The molecule has 0 radical (unpaired) electrons. The molecular formula is C15H15BrN2O2. The lowest BCUT2D eigenvalue weighted by atomic mass is 10.1. The number of amides is 1. The van der Waals surface area contributed by atoms with E-state index in [0.717, 1.165) is 15.6 Å². The molecule has 104 valence electrons. The number of rotatable bonds is 4. The minimum atomic E-state index is -0.182. The second-order valence-electron chi connectivity index (χ2n) is 4.40. The first-order chi connectivity index (χ1) is 9.60. The third kappa shape index (κ3) is 3.59. The summed E-state index contributed by atoms with van der Waals surface area (Å²) in [4.78, 5) is 12.0. The van der Waals surface area contributed by atoms with Crippen LogP contribution in [0.15, 0.2) is 46.9 Å². The number of anilines is 1. The third-order valence-corrected chi connectivity index (χ3v) is 3.61. The van der Waals surface area contributed by atoms with Gasteiger partial charge in [-0.2, -0.15) is 0 Å². The van der Waals surface area contributed by atoms with Gasteiger partial charge in [0.05, 0.1) is 6.61 Å². The Morgan fingerprint density at radius 1 is 1.20 bits per heavy atom. The highest BCUT2D eigenvalue weighted by atomic mass is 79.9. The molecule has 0 atom stereocenters. The van der Waals surface area contributed by atoms with Gasteiger partial charge < -0.3 is 16.2 Å². The summed E-state index contributed by atoms with van der Waals surface area (Å²) in [5.41, 5.74) is 8.56. The maximum absolute atomic E-state index is 12.0. The van der Waals surface area contributed by atoms with Gasteiger partial charge >= 0.3 is 0 Å². The maximum Gasteiger partial charge on any atom is 0.251 e. The zero-order valence-electron chi connectivity index (χ0n) is 10.8. The van der Waals surface area contributed by atoms with Gasteiger partial charge in [-0.1, -0.05) is 24.3 Å². The number of nitrogen functional groups attached to an aromatic ring is 1. The topological polar surface area (TPSA) is 75.4 Å². The molecule has 0 saturated carbocycles. The minimum Gasteiger partial charge on any atom is -0.398 e. The molecule has 2 rings (SSSR count). The van der Waals surface area contributed by atoms with Gasteiger partial charge in [-0.3, -0.25) is 4.79 Å². The molecule has 4 N–H and O–H groups in total. The Morgan fingerprint density at radius 2 is 1.95 bits per heavy atom. The fourth-order valence-electron chi connectivity index (χ4n) is 1.81. The molecule has 0 aromatic heterocycles. The molecule has 0 heterocycles. The van der Waals surface area contributed by atoms with Gasteiger partial charge in [-0.25, -0.2) is 0 Å². The van der Waals surface area contributed by atoms with Gasteiger partial charge in [-0.15, -0.1) is 0 Å². The number of halogens is 1. The van der Waals surface area contributed by atoms with Crippen molar-refractivity contribution >= 4 is 27.5 Å². The van der Waals surface area contributed by atoms with E-state index in [-0.39, 0.29) is 12.5 Å². The molecule has 0 saturated heterocycles. The molecule has 0 aliphatic rings. The van der Waals surface area contributed by atoms with Gasteiger partial charge in [0.25, 0.3) is 5.91 Å². The summed E-state index contributed by atoms with van der Waals surface area (Å²) < 4.78 is 0.768. The van der Waals surface area contributed by atoms with Crippen LogP contribution in [0.5, 0.6) is 0 Å². The van der Waals surface area contributed by atoms with Crippen molar-refractivity contribution in [2.75, 3.05) is 5.73 Å². The van der Waals surface area contributed by atoms with Crippen LogP contribution in [-0.2, 0) is 13.2 Å². The van der Waals surface area contributed by atoms with Crippen LogP contribution in [0.1, 0.15) is 21.5 Å². The molecule has 20 heavy (non-hydrogen) atoms. The van der Waals surface area contributed by atoms with Crippen LogP contribution in [0.4, 0.5) is 5.69 Å². The first-order valence-corrected chi connectivity index (χ1v) is 6.91. The standard InChI is InChI=1S/C15H15BrN2O2/c16-13-5-4-12(7-14(13)17)15(20)18-8-10-2-1-3-11(6-10)9-19/h1-7,19H,8-9,17H2,(H,18,20). The van der Waals surface area contributed by atoms with Crippen LogP contribution in [0.3, 0.4) is 0 Å². The first kappa shape index (κ1) is 14.6. The molecule has 0 aliphatic heterocycles. The van der Waals surface area contributed by atoms with E-state index in [1.54, 1.807) is 18.2 Å². The fraction of sp³-hybridized carbons (Fsp3) is 0.133. The Hall–Kier alpha value is -1.85. The van der Waals surface area contributed by atoms with Gasteiger partial charge in [0.1, 0.15) is 0 Å². The number of carbonyl (C=O) groups excluding carboxylic acids is 1. The minimum absolute atomic E-state index is 0.00890. The summed E-state index contributed by atoms with van der Waals surface area (Å²) in [6, 6.07) is 12.5. The predicted molar refractivity (Wildman–Crippen MR) is 82.1 cm³/mol. The zero-order chi connectivity index (χ0) is 14.5. The van der Waals surface area contributed by atoms with E-state index in [2.05, 4.69) is 21.2 Å². The third-order valence-electron chi connectivity index (χ3n) is 2.89. The first-order valence-electron chi connectivity index (χ1n) is 6.12. The van der Waals surface area contributed by atoms with Crippen molar-refractivity contribution in [3.8, 4) is 0 Å². The zero-order valence-corrected chi connectivity index (χ0v) is 12.4. The molecule has 0 spiro atoms. The highest BCUT2D eigenvalue weighted by Gasteiger charge is 2.07. The van der Waals surface area contributed by atoms with Crippen LogP contribution in [0, 0.1) is 0 Å². The van der Waals surface area contributed by atoms with Crippen molar-refractivity contribution in [3.63, 3.8) is 0 Å². The summed E-state index contributed by atoms with van der Waals surface area (Å²) in [6.07, 6.45) is 0. The fourth-order valence-corrected chi connectivity index (χ4v) is 2.05. The van der Waals surface area contributed by atoms with Crippen molar-refractivity contribution in [1.82, 2.24) is 5.32 Å². The van der Waals surface area contributed by atoms with E-state index in [1.807, 2.05) is 24.3 Å². The Labute approximate surface area is 125 Å². The second kappa shape index (κ2) is 6.54. The van der Waals surface area contributed by atoms with Crippen molar-refractivity contribution < 1.29 is 9.90 Å². The summed E-state index contributed by atoms with van der Waals surface area (Å²) in [6.45, 7) is 0.397. The molecule has 2 aromatic carbocycles. The molecule has 4 nitrogen and oxygen atoms in total. The summed E-state index contributed by atoms with van der Waals surface area (Å²) >= 11 is 3.29. The van der Waals surface area contributed by atoms with E-state index in [0.29, 0.717) is 17.8 Å². The number of carbonyl (C=O) groups is 1. The van der Waals surface area contributed by atoms with Crippen LogP contribution in [-0.4, -0.2) is 11.0 Å². The number of nitrogens with two attached hydrogens (primary N) is 1. The van der Waals surface area contributed by atoms with E-state index >= 15 is 0 Å². The van der Waals surface area contributed by atoms with Crippen molar-refractivity contribution in [2.45, 2.75) is 13.2 Å². The molecular weight excluding hydrogens is 320 g/mol. The Bertz CT molecular complexity index is 629. The molecule has 0 bridgehead atoms. The van der Waals surface area contributed by atoms with E-state index in [4.69, 9.17) is 10.8 Å². The normalized spacial score (nSPS) is 10.3. The molecule has 0 aliphatic carbocycles. The quantitative estimate of drug-likeness (QED) is 0.752. The summed E-state index contributed by atoms with van der Waals surface area (Å²) in [5.74, 6) is -0.182. The largest absolute Gasteiger partial charge is 0.398 e. The Morgan fingerprint density at radius 3 is 2.65 bits per heavy atom. The highest BCUT2D eigenvalue weighted by molar-refractivity contribution is 9.10. The van der Waals surface area contributed by atoms with E-state index in [9.17, 15) is 4.79 Å². The predicted octanol–water partition coefficient (Wildman–Crippen LogP) is 2.45. The summed E-state index contributed by atoms with van der Waals surface area (Å²) in [5, 5.41) is 11.9. The molecule has 0 unspecified atom stereocenters. The van der Waals surface area contributed by atoms with Gasteiger partial charge in [0, 0.05) is 22.3 Å². The molecule has 2 aromatic rings. The monoisotopic (exact) mass is 334 g/mol. The van der Waals surface area contributed by atoms with Crippen LogP contribution >= 0.6 is 15.9 Å². The second-order valence-corrected chi connectivity index (χ2v) is 5.25. The highest BCUT2D eigenvalue weighted by Crippen LogP contribution is 2.20. The van der Waals surface area contributed by atoms with Crippen LogP contribution < -0.4 is 11.1 Å². The van der Waals surface area contributed by atoms with Crippen molar-refractivity contribution in [1.29, 1.82) is 0 Å². The smallest absolute Gasteiger partial charge is 0.251 e. The molecule has 5 heteroatoms. The van der Waals surface area contributed by atoms with Crippen LogP contribution in [0.25, 0.3) is 0 Å². The average molecular weight is 335 g/mol. The number of benzene rings is 2. The molecule has 1 amide bonds. The number of hydrogen-bond donors (Lipinski definition) is 3. The number of aliphatic hydroxyl groups excluding tert-OH is 1. The summed E-state index contributed by atoms with van der Waals surface area (Å²) in [7, 11) is 0. The maximum atomic E-state index is 12.0. The SMILES string of the molecule is Nc1cc(C(=O)NCc2cccc(CO)c2)ccc1Br. The lowest BCUT2D eigenvalue weighted by Crippen LogP contribution is -2.22. The van der Waals surface area contributed by atoms with Gasteiger partial charge in [0.2, 0.25) is 0 Å². The lowest BCUT2D eigenvalue weighted by molar-refractivity contribution is 0.0951. The van der Waals surface area contributed by atoms with E-state index < -0.39 is 0 Å². The number of nitrogens with one attached hydrogen (secondary N) is 1.